The molecule has 0 aromatic carbocycles. The van der Waals surface area contributed by atoms with Crippen molar-refractivity contribution in [2.24, 2.45) is 5.73 Å². The predicted octanol–water partition coefficient (Wildman–Crippen LogP) is 6.08. The molecule has 1 aliphatic carbocycles. The first-order valence-corrected chi connectivity index (χ1v) is 8.87. The molecule has 20 heavy (non-hydrogen) atoms. The van der Waals surface area contributed by atoms with Crippen molar-refractivity contribution in [1.29, 1.82) is 0 Å². The minimum absolute atomic E-state index is 0.209. The molecule has 2 heteroatoms. The van der Waals surface area contributed by atoms with E-state index in [0.29, 0.717) is 0 Å². The van der Waals surface area contributed by atoms with E-state index in [1.165, 1.54) is 64.2 Å². The van der Waals surface area contributed by atoms with Gasteiger partial charge in [0, 0.05) is 12.1 Å². The maximum atomic E-state index is 6.57. The van der Waals surface area contributed by atoms with E-state index in [0.717, 1.165) is 18.5 Å². The number of unbranched alkanes of at least 4 members (excludes halogenated alkanes) is 9. The molecule has 1 unspecified atom stereocenters. The van der Waals surface area contributed by atoms with E-state index >= 15 is 0 Å². The average molecular weight is 298 g/mol. The molecule has 1 nitrogen and oxygen atoms in total. The van der Waals surface area contributed by atoms with Crippen LogP contribution >= 0.6 is 11.6 Å². The Morgan fingerprint density at radius 1 is 1.00 bits per heavy atom. The van der Waals surface area contributed by atoms with E-state index in [4.69, 9.17) is 17.3 Å². The van der Waals surface area contributed by atoms with Crippen LogP contribution in [0.2, 0.25) is 0 Å². The van der Waals surface area contributed by atoms with Crippen molar-refractivity contribution in [3.63, 3.8) is 0 Å². The maximum absolute atomic E-state index is 6.57. The standard InChI is InChI=1S/C18H32ClN/c1-2-3-4-5-6-7-8-9-10-11-14-18(19)15-12-13-17(20)16-18/h12-13,15H,2-11,14,16,20H2,1H3. The van der Waals surface area contributed by atoms with Crippen molar-refractivity contribution in [1.82, 2.24) is 0 Å². The molecule has 1 rings (SSSR count). The molecule has 116 valence electrons. The first-order chi connectivity index (χ1) is 9.66. The Kier molecular flexibility index (Phi) is 9.09. The SMILES string of the molecule is CCCCCCCCCCCCC1(Cl)C=CC=C(N)C1. The molecule has 0 aromatic rings. The lowest BCUT2D eigenvalue weighted by Gasteiger charge is -2.25. The highest BCUT2D eigenvalue weighted by molar-refractivity contribution is 6.25. The lowest BCUT2D eigenvalue weighted by molar-refractivity contribution is 0.520. The molecule has 0 spiro atoms. The molecule has 0 aromatic heterocycles. The number of hydrogen-bond acceptors (Lipinski definition) is 1. The summed E-state index contributed by atoms with van der Waals surface area (Å²) in [4.78, 5) is -0.209. The van der Waals surface area contributed by atoms with Crippen molar-refractivity contribution in [3.05, 3.63) is 23.9 Å². The number of halogens is 1. The molecule has 1 aliphatic rings. The zero-order valence-electron chi connectivity index (χ0n) is 13.2. The zero-order chi connectivity index (χ0) is 14.7. The van der Waals surface area contributed by atoms with E-state index in [-0.39, 0.29) is 4.87 Å². The highest BCUT2D eigenvalue weighted by Crippen LogP contribution is 2.33. The Morgan fingerprint density at radius 2 is 1.55 bits per heavy atom. The van der Waals surface area contributed by atoms with Crippen LogP contribution in [0.15, 0.2) is 23.9 Å². The maximum Gasteiger partial charge on any atom is 0.0683 e. The van der Waals surface area contributed by atoms with Crippen LogP contribution in [0.4, 0.5) is 0 Å². The van der Waals surface area contributed by atoms with Crippen molar-refractivity contribution in [2.75, 3.05) is 0 Å². The van der Waals surface area contributed by atoms with Gasteiger partial charge in [0.15, 0.2) is 0 Å². The number of nitrogens with two attached hydrogens (primary N) is 1. The molecular weight excluding hydrogens is 266 g/mol. The monoisotopic (exact) mass is 297 g/mol. The number of allylic oxidation sites excluding steroid dienone is 4. The molecule has 0 saturated heterocycles. The third-order valence-corrected chi connectivity index (χ3v) is 4.60. The first kappa shape index (κ1) is 17.6. The minimum Gasteiger partial charge on any atom is -0.402 e. The van der Waals surface area contributed by atoms with Gasteiger partial charge in [0.25, 0.3) is 0 Å². The third kappa shape index (κ3) is 7.99. The molecule has 1 atom stereocenters. The van der Waals surface area contributed by atoms with E-state index in [1.807, 2.05) is 12.2 Å². The smallest absolute Gasteiger partial charge is 0.0683 e. The Morgan fingerprint density at radius 3 is 2.10 bits per heavy atom. The number of hydrogen-bond donors (Lipinski definition) is 1. The van der Waals surface area contributed by atoms with Gasteiger partial charge in [0.1, 0.15) is 0 Å². The molecule has 0 bridgehead atoms. The average Bonchev–Trinajstić information content (AvgIpc) is 2.40. The number of rotatable bonds is 11. The van der Waals surface area contributed by atoms with Crippen LogP contribution in [0.1, 0.15) is 84.0 Å². The van der Waals surface area contributed by atoms with Gasteiger partial charge >= 0.3 is 0 Å². The summed E-state index contributed by atoms with van der Waals surface area (Å²) >= 11 is 6.57. The lowest BCUT2D eigenvalue weighted by Crippen LogP contribution is -2.23. The van der Waals surface area contributed by atoms with Crippen molar-refractivity contribution in [2.45, 2.75) is 88.8 Å². The molecule has 0 aliphatic heterocycles. The van der Waals surface area contributed by atoms with Crippen LogP contribution in [0.5, 0.6) is 0 Å². The number of alkyl halides is 1. The van der Waals surface area contributed by atoms with Crippen LogP contribution < -0.4 is 5.73 Å². The highest BCUT2D eigenvalue weighted by Gasteiger charge is 2.25. The summed E-state index contributed by atoms with van der Waals surface area (Å²) in [6.07, 6.45) is 21.6. The summed E-state index contributed by atoms with van der Waals surface area (Å²) in [5.41, 5.74) is 6.77. The van der Waals surface area contributed by atoms with Crippen LogP contribution in [-0.4, -0.2) is 4.87 Å². The van der Waals surface area contributed by atoms with Crippen LogP contribution in [0, 0.1) is 0 Å². The quantitative estimate of drug-likeness (QED) is 0.363. The fourth-order valence-electron chi connectivity index (χ4n) is 2.88. The van der Waals surface area contributed by atoms with Gasteiger partial charge in [0.05, 0.1) is 4.87 Å². The molecule has 0 radical (unpaired) electrons. The summed E-state index contributed by atoms with van der Waals surface area (Å²) in [6, 6.07) is 0. The summed E-state index contributed by atoms with van der Waals surface area (Å²) in [5, 5.41) is 0. The van der Waals surface area contributed by atoms with Gasteiger partial charge in [-0.1, -0.05) is 83.3 Å². The first-order valence-electron chi connectivity index (χ1n) is 8.49. The van der Waals surface area contributed by atoms with Gasteiger partial charge in [-0.05, 0) is 12.5 Å². The van der Waals surface area contributed by atoms with E-state index in [1.54, 1.807) is 0 Å². The van der Waals surface area contributed by atoms with Crippen LogP contribution in [0.25, 0.3) is 0 Å². The molecule has 0 heterocycles. The molecule has 0 fully saturated rings. The second-order valence-corrected chi connectivity index (χ2v) is 7.00. The van der Waals surface area contributed by atoms with Gasteiger partial charge in [-0.3, -0.25) is 0 Å². The molecule has 0 amide bonds. The normalized spacial score (nSPS) is 22.0. The topological polar surface area (TPSA) is 26.0 Å². The van der Waals surface area contributed by atoms with Crippen molar-refractivity contribution in [3.8, 4) is 0 Å². The van der Waals surface area contributed by atoms with E-state index in [9.17, 15) is 0 Å². The van der Waals surface area contributed by atoms with E-state index < -0.39 is 0 Å². The second-order valence-electron chi connectivity index (χ2n) is 6.24. The molecular formula is C18H32ClN. The van der Waals surface area contributed by atoms with Gasteiger partial charge in [-0.15, -0.1) is 11.6 Å². The lowest BCUT2D eigenvalue weighted by atomic mass is 9.91. The largest absolute Gasteiger partial charge is 0.402 e. The van der Waals surface area contributed by atoms with E-state index in [2.05, 4.69) is 13.0 Å². The van der Waals surface area contributed by atoms with Crippen molar-refractivity contribution < 1.29 is 0 Å². The fraction of sp³-hybridized carbons (Fsp3) is 0.778. The second kappa shape index (κ2) is 10.3. The highest BCUT2D eigenvalue weighted by atomic mass is 35.5. The van der Waals surface area contributed by atoms with Crippen LogP contribution in [0.3, 0.4) is 0 Å². The van der Waals surface area contributed by atoms with Gasteiger partial charge < -0.3 is 5.73 Å². The predicted molar refractivity (Wildman–Crippen MR) is 91.1 cm³/mol. The summed E-state index contributed by atoms with van der Waals surface area (Å²) in [7, 11) is 0. The molecule has 0 saturated carbocycles. The van der Waals surface area contributed by atoms with Crippen LogP contribution in [-0.2, 0) is 0 Å². The Bertz CT molecular complexity index is 309. The fourth-order valence-corrected chi connectivity index (χ4v) is 3.24. The summed E-state index contributed by atoms with van der Waals surface area (Å²) in [6.45, 7) is 2.27. The zero-order valence-corrected chi connectivity index (χ0v) is 13.9. The summed E-state index contributed by atoms with van der Waals surface area (Å²) in [5.74, 6) is 0. The Balaban J connectivity index is 1.92. The van der Waals surface area contributed by atoms with Gasteiger partial charge in [0.2, 0.25) is 0 Å². The Hall–Kier alpha value is -0.430. The third-order valence-electron chi connectivity index (χ3n) is 4.15. The Labute approximate surface area is 130 Å². The van der Waals surface area contributed by atoms with Gasteiger partial charge in [-0.2, -0.15) is 0 Å². The van der Waals surface area contributed by atoms with Crippen molar-refractivity contribution >= 4 is 11.6 Å². The minimum atomic E-state index is -0.209. The van der Waals surface area contributed by atoms with Gasteiger partial charge in [-0.25, -0.2) is 0 Å². The molecule has 2 N–H and O–H groups in total. The summed E-state index contributed by atoms with van der Waals surface area (Å²) < 4.78 is 0.